The molecule has 4 N–H and O–H groups in total. The lowest BCUT2D eigenvalue weighted by atomic mass is 10.1. The van der Waals surface area contributed by atoms with Crippen molar-refractivity contribution in [3.05, 3.63) is 16.4 Å². The molecular weight excluding hydrogens is 222 g/mol. The zero-order valence-corrected chi connectivity index (χ0v) is 9.06. The second-order valence-electron chi connectivity index (χ2n) is 3.21. The van der Waals surface area contributed by atoms with Crippen LogP contribution in [0.4, 0.5) is 0 Å². The van der Waals surface area contributed by atoms with Gasteiger partial charge in [-0.05, 0) is 6.92 Å². The maximum absolute atomic E-state index is 10.7. The summed E-state index contributed by atoms with van der Waals surface area (Å²) in [5.74, 6) is -1.01. The van der Waals surface area contributed by atoms with Crippen LogP contribution in [0.25, 0.3) is 0 Å². The van der Waals surface area contributed by atoms with Gasteiger partial charge in [0.05, 0.1) is 5.69 Å². The van der Waals surface area contributed by atoms with Crippen LogP contribution < -0.4 is 5.73 Å². The molecule has 84 valence electrons. The quantitative estimate of drug-likeness (QED) is 0.640. The van der Waals surface area contributed by atoms with Gasteiger partial charge in [-0.3, -0.25) is 9.48 Å². The van der Waals surface area contributed by atoms with E-state index in [9.17, 15) is 15.0 Å². The van der Waals surface area contributed by atoms with Gasteiger partial charge in [-0.25, -0.2) is 0 Å². The minimum atomic E-state index is -1.69. The van der Waals surface area contributed by atoms with Crippen LogP contribution in [0.2, 0.25) is 5.15 Å². The summed E-state index contributed by atoms with van der Waals surface area (Å²) < 4.78 is 1.34. The van der Waals surface area contributed by atoms with E-state index < -0.39 is 18.1 Å². The van der Waals surface area contributed by atoms with Gasteiger partial charge in [0.1, 0.15) is 11.3 Å². The third-order valence-corrected chi connectivity index (χ3v) is 2.53. The molecule has 0 aliphatic carbocycles. The van der Waals surface area contributed by atoms with Gasteiger partial charge in [-0.1, -0.05) is 11.6 Å². The van der Waals surface area contributed by atoms with Crippen molar-refractivity contribution in [2.75, 3.05) is 0 Å². The first-order valence-corrected chi connectivity index (χ1v) is 4.58. The summed E-state index contributed by atoms with van der Waals surface area (Å²) in [4.78, 5) is 10.7. The van der Waals surface area contributed by atoms with E-state index in [0.29, 0.717) is 5.69 Å². The van der Waals surface area contributed by atoms with Crippen molar-refractivity contribution in [2.24, 2.45) is 12.8 Å². The van der Waals surface area contributed by atoms with Crippen molar-refractivity contribution in [3.8, 4) is 0 Å². The summed E-state index contributed by atoms with van der Waals surface area (Å²) in [5, 5.41) is 23.0. The molecule has 0 saturated heterocycles. The first-order chi connectivity index (χ1) is 6.86. The number of primary amides is 1. The predicted molar refractivity (Wildman–Crippen MR) is 53.1 cm³/mol. The van der Waals surface area contributed by atoms with Crippen LogP contribution in [-0.4, -0.2) is 32.0 Å². The van der Waals surface area contributed by atoms with E-state index in [4.69, 9.17) is 17.3 Å². The van der Waals surface area contributed by atoms with Gasteiger partial charge >= 0.3 is 0 Å². The van der Waals surface area contributed by atoms with Gasteiger partial charge in [0.2, 0.25) is 5.91 Å². The predicted octanol–water partition coefficient (Wildman–Crippen LogP) is -0.738. The first kappa shape index (κ1) is 12.0. The SMILES string of the molecule is Cc1nn(C)c(Cl)c1C(O)C(O)C(N)=O. The fourth-order valence-corrected chi connectivity index (χ4v) is 1.58. The molecule has 0 saturated carbocycles. The Morgan fingerprint density at radius 3 is 2.47 bits per heavy atom. The Labute approximate surface area is 91.3 Å². The molecule has 1 aromatic heterocycles. The highest BCUT2D eigenvalue weighted by Crippen LogP contribution is 2.27. The molecule has 1 amide bonds. The molecule has 1 rings (SSSR count). The van der Waals surface area contributed by atoms with Gasteiger partial charge in [0.25, 0.3) is 0 Å². The van der Waals surface area contributed by atoms with Crippen molar-refractivity contribution < 1.29 is 15.0 Å². The zero-order valence-electron chi connectivity index (χ0n) is 8.31. The van der Waals surface area contributed by atoms with Crippen molar-refractivity contribution in [3.63, 3.8) is 0 Å². The molecule has 2 atom stereocenters. The summed E-state index contributed by atoms with van der Waals surface area (Å²) in [5.41, 5.74) is 5.52. The number of amides is 1. The maximum Gasteiger partial charge on any atom is 0.249 e. The van der Waals surface area contributed by atoms with Gasteiger partial charge in [0.15, 0.2) is 6.10 Å². The van der Waals surface area contributed by atoms with Crippen LogP contribution in [0.3, 0.4) is 0 Å². The Bertz CT molecular complexity index is 391. The number of aliphatic hydroxyl groups is 2. The highest BCUT2D eigenvalue weighted by atomic mass is 35.5. The maximum atomic E-state index is 10.7. The Hall–Kier alpha value is -1.11. The first-order valence-electron chi connectivity index (χ1n) is 4.20. The minimum Gasteiger partial charge on any atom is -0.385 e. The number of aliphatic hydroxyl groups excluding tert-OH is 2. The normalized spacial score (nSPS) is 15.0. The van der Waals surface area contributed by atoms with Gasteiger partial charge < -0.3 is 15.9 Å². The Morgan fingerprint density at radius 1 is 1.60 bits per heavy atom. The van der Waals surface area contributed by atoms with Crippen molar-refractivity contribution in [1.82, 2.24) is 9.78 Å². The number of nitrogens with zero attached hydrogens (tertiary/aromatic N) is 2. The van der Waals surface area contributed by atoms with Gasteiger partial charge in [-0.2, -0.15) is 5.10 Å². The summed E-state index contributed by atoms with van der Waals surface area (Å²) in [6.45, 7) is 1.61. The van der Waals surface area contributed by atoms with E-state index in [1.54, 1.807) is 14.0 Å². The molecular formula is C8H12ClN3O3. The lowest BCUT2D eigenvalue weighted by Crippen LogP contribution is -2.34. The average Bonchev–Trinajstić information content (AvgIpc) is 2.39. The van der Waals surface area contributed by atoms with Crippen LogP contribution in [0.1, 0.15) is 17.4 Å². The third-order valence-electron chi connectivity index (χ3n) is 2.08. The number of halogens is 1. The standard InChI is InChI=1S/C8H12ClN3O3/c1-3-4(7(9)12(2)11-3)5(13)6(14)8(10)15/h5-6,13-14H,1-2H3,(H2,10,15). The van der Waals surface area contributed by atoms with E-state index in [1.165, 1.54) is 4.68 Å². The van der Waals surface area contributed by atoms with Crippen LogP contribution >= 0.6 is 11.6 Å². The highest BCUT2D eigenvalue weighted by Gasteiger charge is 2.29. The molecule has 0 bridgehead atoms. The molecule has 15 heavy (non-hydrogen) atoms. The number of aryl methyl sites for hydroxylation is 2. The molecule has 0 aliphatic heterocycles. The fourth-order valence-electron chi connectivity index (χ4n) is 1.30. The largest absolute Gasteiger partial charge is 0.385 e. The zero-order chi connectivity index (χ0) is 11.7. The monoisotopic (exact) mass is 233 g/mol. The Morgan fingerprint density at radius 2 is 2.13 bits per heavy atom. The molecule has 1 heterocycles. The number of rotatable bonds is 3. The molecule has 7 heteroatoms. The topological polar surface area (TPSA) is 101 Å². The van der Waals surface area contributed by atoms with Gasteiger partial charge in [0, 0.05) is 12.6 Å². The summed E-state index contributed by atoms with van der Waals surface area (Å²) >= 11 is 5.83. The van der Waals surface area contributed by atoms with Crippen LogP contribution in [-0.2, 0) is 11.8 Å². The van der Waals surface area contributed by atoms with Crippen LogP contribution in [0, 0.1) is 6.92 Å². The van der Waals surface area contributed by atoms with Crippen molar-refractivity contribution in [1.29, 1.82) is 0 Å². The van der Waals surface area contributed by atoms with Crippen LogP contribution in [0.5, 0.6) is 0 Å². The Balaban J connectivity index is 3.10. The number of aromatic nitrogens is 2. The molecule has 2 unspecified atom stereocenters. The molecule has 1 aromatic rings. The molecule has 6 nitrogen and oxygen atoms in total. The number of nitrogens with two attached hydrogens (primary N) is 1. The van der Waals surface area contributed by atoms with Gasteiger partial charge in [-0.15, -0.1) is 0 Å². The second kappa shape index (κ2) is 4.18. The lowest BCUT2D eigenvalue weighted by molar-refractivity contribution is -0.131. The molecule has 0 radical (unpaired) electrons. The van der Waals surface area contributed by atoms with E-state index in [2.05, 4.69) is 5.10 Å². The van der Waals surface area contributed by atoms with E-state index >= 15 is 0 Å². The Kier molecular flexibility index (Phi) is 3.33. The third kappa shape index (κ3) is 2.11. The minimum absolute atomic E-state index is 0.167. The summed E-state index contributed by atoms with van der Waals surface area (Å²) in [6, 6.07) is 0. The van der Waals surface area contributed by atoms with E-state index in [-0.39, 0.29) is 10.7 Å². The van der Waals surface area contributed by atoms with Crippen LogP contribution in [0.15, 0.2) is 0 Å². The summed E-state index contributed by atoms with van der Waals surface area (Å²) in [6.07, 6.45) is -3.14. The van der Waals surface area contributed by atoms with E-state index in [0.717, 1.165) is 0 Å². The number of hydrogen-bond acceptors (Lipinski definition) is 4. The smallest absolute Gasteiger partial charge is 0.249 e. The average molecular weight is 234 g/mol. The summed E-state index contributed by atoms with van der Waals surface area (Å²) in [7, 11) is 1.59. The molecule has 0 spiro atoms. The second-order valence-corrected chi connectivity index (χ2v) is 3.56. The molecule has 0 aromatic carbocycles. The number of carbonyl (C=O) groups excluding carboxylic acids is 1. The number of hydrogen-bond donors (Lipinski definition) is 3. The van der Waals surface area contributed by atoms with E-state index in [1.807, 2.05) is 0 Å². The fraction of sp³-hybridized carbons (Fsp3) is 0.500. The van der Waals surface area contributed by atoms with Crippen molar-refractivity contribution >= 4 is 17.5 Å². The molecule has 0 aliphatic rings. The molecule has 0 fully saturated rings. The van der Waals surface area contributed by atoms with Crippen molar-refractivity contribution in [2.45, 2.75) is 19.1 Å². The number of carbonyl (C=O) groups is 1. The highest BCUT2D eigenvalue weighted by molar-refractivity contribution is 6.30. The lowest BCUT2D eigenvalue weighted by Gasteiger charge is -2.14.